The molecular formula is C14H13NO4. The molecule has 5 nitrogen and oxygen atoms in total. The molecule has 0 amide bonds. The number of nitrogens with zero attached hydrogens (tertiary/aromatic N) is 1. The maximum Gasteiger partial charge on any atom is 0.307 e. The number of aliphatic carboxylic acids is 1. The highest BCUT2D eigenvalue weighted by Gasteiger charge is 2.15. The van der Waals surface area contributed by atoms with Crippen molar-refractivity contribution in [3.63, 3.8) is 0 Å². The third kappa shape index (κ3) is 2.19. The van der Waals surface area contributed by atoms with E-state index in [4.69, 9.17) is 14.6 Å². The summed E-state index contributed by atoms with van der Waals surface area (Å²) in [7, 11) is 0. The molecule has 0 bridgehead atoms. The molecule has 2 aromatic rings. The molecule has 0 aliphatic carbocycles. The van der Waals surface area contributed by atoms with Gasteiger partial charge in [0.05, 0.1) is 11.9 Å². The maximum atomic E-state index is 10.8. The number of aryl methyl sites for hydroxylation is 1. The summed E-state index contributed by atoms with van der Waals surface area (Å²) in [5, 5.41) is 9.75. The second kappa shape index (κ2) is 4.42. The van der Waals surface area contributed by atoms with Gasteiger partial charge in [-0.25, -0.2) is 0 Å². The summed E-state index contributed by atoms with van der Waals surface area (Å²) >= 11 is 0. The van der Waals surface area contributed by atoms with Gasteiger partial charge in [0.15, 0.2) is 11.5 Å². The lowest BCUT2D eigenvalue weighted by molar-refractivity contribution is -0.136. The van der Waals surface area contributed by atoms with Crippen molar-refractivity contribution in [2.75, 3.05) is 13.2 Å². The van der Waals surface area contributed by atoms with Crippen molar-refractivity contribution in [3.8, 4) is 11.5 Å². The lowest BCUT2D eigenvalue weighted by Crippen LogP contribution is -2.15. The molecule has 2 heterocycles. The fourth-order valence-electron chi connectivity index (χ4n) is 2.19. The first-order chi connectivity index (χ1) is 9.13. The average Bonchev–Trinajstić information content (AvgIpc) is 2.37. The molecule has 1 aliphatic rings. The highest BCUT2D eigenvalue weighted by atomic mass is 16.6. The summed E-state index contributed by atoms with van der Waals surface area (Å²) in [6.45, 7) is 2.88. The van der Waals surface area contributed by atoms with Crippen LogP contribution >= 0.6 is 0 Å². The number of fused-ring (bicyclic) bond motifs is 2. The fraction of sp³-hybridized carbons (Fsp3) is 0.286. The molecule has 3 rings (SSSR count). The Morgan fingerprint density at radius 1 is 1.26 bits per heavy atom. The van der Waals surface area contributed by atoms with Crippen molar-refractivity contribution < 1.29 is 19.4 Å². The van der Waals surface area contributed by atoms with E-state index in [2.05, 4.69) is 4.98 Å². The zero-order chi connectivity index (χ0) is 13.4. The summed E-state index contributed by atoms with van der Waals surface area (Å²) < 4.78 is 11.0. The highest BCUT2D eigenvalue weighted by molar-refractivity contribution is 5.84. The summed E-state index contributed by atoms with van der Waals surface area (Å²) in [5.41, 5.74) is 2.24. The van der Waals surface area contributed by atoms with Gasteiger partial charge in [0.25, 0.3) is 0 Å². The van der Waals surface area contributed by atoms with E-state index in [0.717, 1.165) is 22.2 Å². The number of hydrogen-bond donors (Lipinski definition) is 1. The monoisotopic (exact) mass is 259 g/mol. The molecule has 1 N–H and O–H groups in total. The van der Waals surface area contributed by atoms with E-state index in [1.54, 1.807) is 0 Å². The number of carboxylic acid groups (broad SMARTS) is 1. The molecule has 98 valence electrons. The maximum absolute atomic E-state index is 10.8. The zero-order valence-corrected chi connectivity index (χ0v) is 10.5. The third-order valence-corrected chi connectivity index (χ3v) is 3.12. The van der Waals surface area contributed by atoms with Gasteiger partial charge >= 0.3 is 5.97 Å². The van der Waals surface area contributed by atoms with Crippen molar-refractivity contribution in [1.29, 1.82) is 0 Å². The molecular weight excluding hydrogens is 246 g/mol. The van der Waals surface area contributed by atoms with Crippen LogP contribution in [0.15, 0.2) is 18.2 Å². The average molecular weight is 259 g/mol. The first-order valence-electron chi connectivity index (χ1n) is 6.05. The third-order valence-electron chi connectivity index (χ3n) is 3.12. The SMILES string of the molecule is Cc1nc2cc3c(cc2cc1CC(=O)O)OCCO3. The topological polar surface area (TPSA) is 68.7 Å². The van der Waals surface area contributed by atoms with Gasteiger partial charge in [-0.1, -0.05) is 0 Å². The van der Waals surface area contributed by atoms with Gasteiger partial charge in [-0.2, -0.15) is 0 Å². The van der Waals surface area contributed by atoms with Gasteiger partial charge in [-0.3, -0.25) is 9.78 Å². The van der Waals surface area contributed by atoms with Gasteiger partial charge in [0.2, 0.25) is 0 Å². The Balaban J connectivity index is 2.14. The minimum Gasteiger partial charge on any atom is -0.486 e. The Bertz CT molecular complexity index is 666. The minimum atomic E-state index is -0.859. The standard InChI is InChI=1S/C14H13NO4/c1-8-9(6-14(16)17)4-10-5-12-13(7-11(10)15-8)19-3-2-18-12/h4-5,7H,2-3,6H2,1H3,(H,16,17). The lowest BCUT2D eigenvalue weighted by atomic mass is 10.1. The largest absolute Gasteiger partial charge is 0.486 e. The molecule has 0 fully saturated rings. The van der Waals surface area contributed by atoms with Crippen LogP contribution in [-0.4, -0.2) is 29.3 Å². The summed E-state index contributed by atoms with van der Waals surface area (Å²) in [4.78, 5) is 15.3. The summed E-state index contributed by atoms with van der Waals surface area (Å²) in [5.74, 6) is 0.518. The number of hydrogen-bond acceptors (Lipinski definition) is 4. The van der Waals surface area contributed by atoms with E-state index in [0.29, 0.717) is 24.7 Å². The van der Waals surface area contributed by atoms with Crippen LogP contribution in [0.25, 0.3) is 10.9 Å². The van der Waals surface area contributed by atoms with E-state index in [9.17, 15) is 4.79 Å². The van der Waals surface area contributed by atoms with E-state index in [1.807, 2.05) is 25.1 Å². The molecule has 0 unspecified atom stereocenters. The number of rotatable bonds is 2. The van der Waals surface area contributed by atoms with E-state index < -0.39 is 5.97 Å². The number of benzene rings is 1. The molecule has 19 heavy (non-hydrogen) atoms. The van der Waals surface area contributed by atoms with Crippen LogP contribution in [0.4, 0.5) is 0 Å². The molecule has 0 spiro atoms. The first kappa shape index (κ1) is 11.8. The van der Waals surface area contributed by atoms with Gasteiger partial charge < -0.3 is 14.6 Å². The Hall–Kier alpha value is -2.30. The van der Waals surface area contributed by atoms with E-state index >= 15 is 0 Å². The molecule has 1 aliphatic heterocycles. The quantitative estimate of drug-likeness (QED) is 0.892. The van der Waals surface area contributed by atoms with E-state index in [-0.39, 0.29) is 6.42 Å². The fourth-order valence-corrected chi connectivity index (χ4v) is 2.19. The number of aromatic nitrogens is 1. The van der Waals surface area contributed by atoms with Crippen LogP contribution in [0.5, 0.6) is 11.5 Å². The van der Waals surface area contributed by atoms with Gasteiger partial charge in [-0.05, 0) is 24.6 Å². The van der Waals surface area contributed by atoms with Crippen LogP contribution < -0.4 is 9.47 Å². The Morgan fingerprint density at radius 2 is 1.95 bits per heavy atom. The number of ether oxygens (including phenoxy) is 2. The van der Waals surface area contributed by atoms with Crippen molar-refractivity contribution >= 4 is 16.9 Å². The lowest BCUT2D eigenvalue weighted by Gasteiger charge is -2.19. The molecule has 0 radical (unpaired) electrons. The minimum absolute atomic E-state index is 0.0246. The molecule has 0 saturated heterocycles. The Morgan fingerprint density at radius 3 is 2.63 bits per heavy atom. The summed E-state index contributed by atoms with van der Waals surface area (Å²) in [6.07, 6.45) is -0.0246. The number of pyridine rings is 1. The molecule has 5 heteroatoms. The van der Waals surface area contributed by atoms with Crippen LogP contribution in [-0.2, 0) is 11.2 Å². The second-order valence-corrected chi connectivity index (χ2v) is 4.49. The van der Waals surface area contributed by atoms with Gasteiger partial charge in [0.1, 0.15) is 13.2 Å². The Labute approximate surface area is 109 Å². The molecule has 0 atom stereocenters. The second-order valence-electron chi connectivity index (χ2n) is 4.49. The van der Waals surface area contributed by atoms with E-state index in [1.165, 1.54) is 0 Å². The zero-order valence-electron chi connectivity index (χ0n) is 10.5. The molecule has 1 aromatic heterocycles. The van der Waals surface area contributed by atoms with Crippen LogP contribution in [0.1, 0.15) is 11.3 Å². The van der Waals surface area contributed by atoms with Crippen molar-refractivity contribution in [2.24, 2.45) is 0 Å². The van der Waals surface area contributed by atoms with Crippen LogP contribution in [0.3, 0.4) is 0 Å². The normalized spacial score (nSPS) is 13.5. The van der Waals surface area contributed by atoms with Crippen molar-refractivity contribution in [1.82, 2.24) is 4.98 Å². The molecule has 1 aromatic carbocycles. The highest BCUT2D eigenvalue weighted by Crippen LogP contribution is 2.34. The summed E-state index contributed by atoms with van der Waals surface area (Å²) in [6, 6.07) is 5.53. The number of carbonyl (C=O) groups is 1. The van der Waals surface area contributed by atoms with Gasteiger partial charge in [-0.15, -0.1) is 0 Å². The Kier molecular flexibility index (Phi) is 2.74. The number of carboxylic acids is 1. The van der Waals surface area contributed by atoms with Crippen molar-refractivity contribution in [3.05, 3.63) is 29.5 Å². The van der Waals surface area contributed by atoms with Crippen LogP contribution in [0, 0.1) is 6.92 Å². The molecule has 0 saturated carbocycles. The first-order valence-corrected chi connectivity index (χ1v) is 6.05. The smallest absolute Gasteiger partial charge is 0.307 e. The predicted molar refractivity (Wildman–Crippen MR) is 68.8 cm³/mol. The van der Waals surface area contributed by atoms with Gasteiger partial charge in [0, 0.05) is 17.1 Å². The van der Waals surface area contributed by atoms with Crippen LogP contribution in [0.2, 0.25) is 0 Å². The van der Waals surface area contributed by atoms with Crippen molar-refractivity contribution in [2.45, 2.75) is 13.3 Å². The predicted octanol–water partition coefficient (Wildman–Crippen LogP) is 1.94.